The molecule has 0 saturated carbocycles. The molecule has 3 heteroatoms. The maximum absolute atomic E-state index is 4.26. The topological polar surface area (TPSA) is 37.8 Å². The molecule has 0 amide bonds. The van der Waals surface area contributed by atoms with E-state index >= 15 is 0 Å². The molecule has 1 N–H and O–H groups in total. The van der Waals surface area contributed by atoms with E-state index in [0.717, 1.165) is 18.8 Å². The molecule has 0 unspecified atom stereocenters. The van der Waals surface area contributed by atoms with Gasteiger partial charge in [-0.05, 0) is 13.0 Å². The lowest BCUT2D eigenvalue weighted by molar-refractivity contribution is 0.728. The molecule has 2 heterocycles. The molecule has 0 aliphatic carbocycles. The van der Waals surface area contributed by atoms with Gasteiger partial charge < -0.3 is 5.32 Å². The second-order valence-electron chi connectivity index (χ2n) is 2.82. The Balaban J connectivity index is 2.16. The van der Waals surface area contributed by atoms with E-state index in [1.807, 2.05) is 6.20 Å². The summed E-state index contributed by atoms with van der Waals surface area (Å²) >= 11 is 0. The fourth-order valence-electron chi connectivity index (χ4n) is 1.43. The van der Waals surface area contributed by atoms with E-state index in [-0.39, 0.29) is 0 Å². The molecule has 0 spiro atoms. The highest BCUT2D eigenvalue weighted by Gasteiger charge is 2.17. The van der Waals surface area contributed by atoms with Gasteiger partial charge in [0, 0.05) is 31.1 Å². The van der Waals surface area contributed by atoms with Gasteiger partial charge in [0.05, 0.1) is 5.69 Å². The quantitative estimate of drug-likeness (QED) is 0.633. The summed E-state index contributed by atoms with van der Waals surface area (Å²) in [5.74, 6) is 0.587. The average Bonchev–Trinajstić information content (AvgIpc) is 2.58. The second kappa shape index (κ2) is 2.96. The minimum Gasteiger partial charge on any atom is -0.316 e. The fraction of sp³-hybridized carbons (Fsp3) is 0.500. The highest BCUT2D eigenvalue weighted by atomic mass is 14.9. The number of nitrogens with one attached hydrogen (secondary N) is 1. The number of aromatic nitrogens is 2. The Morgan fingerprint density at radius 3 is 3.09 bits per heavy atom. The number of rotatable bonds is 1. The van der Waals surface area contributed by atoms with Crippen molar-refractivity contribution in [2.24, 2.45) is 0 Å². The third kappa shape index (κ3) is 1.38. The molecule has 0 bridgehead atoms. The first-order chi connectivity index (χ1) is 5.47. The standard InChI is InChI=1S/C8H11N3/c1-2-9-5-7(1)8-6-10-3-4-11-8/h3-4,6-7,9H,1-2,5H2/t7-/m1/s1. The Hall–Kier alpha value is -0.960. The van der Waals surface area contributed by atoms with Gasteiger partial charge in [-0.2, -0.15) is 0 Å². The lowest BCUT2D eigenvalue weighted by Gasteiger charge is -2.04. The third-order valence-corrected chi connectivity index (χ3v) is 2.06. The fourth-order valence-corrected chi connectivity index (χ4v) is 1.43. The van der Waals surface area contributed by atoms with E-state index in [4.69, 9.17) is 0 Å². The van der Waals surface area contributed by atoms with Crippen LogP contribution in [0.2, 0.25) is 0 Å². The van der Waals surface area contributed by atoms with Gasteiger partial charge in [0.1, 0.15) is 0 Å². The predicted octanol–water partition coefficient (Wildman–Crippen LogP) is 0.553. The van der Waals surface area contributed by atoms with Crippen LogP contribution in [0.25, 0.3) is 0 Å². The molecule has 1 fully saturated rings. The summed E-state index contributed by atoms with van der Waals surface area (Å²) in [4.78, 5) is 8.30. The molecule has 1 aromatic heterocycles. The van der Waals surface area contributed by atoms with Crippen molar-refractivity contribution in [3.05, 3.63) is 24.3 Å². The summed E-state index contributed by atoms with van der Waals surface area (Å²) in [6, 6.07) is 0. The normalized spacial score (nSPS) is 23.8. The molecule has 58 valence electrons. The summed E-state index contributed by atoms with van der Waals surface area (Å²) < 4.78 is 0. The molecule has 1 aromatic rings. The summed E-state index contributed by atoms with van der Waals surface area (Å²) in [7, 11) is 0. The number of nitrogens with zero attached hydrogens (tertiary/aromatic N) is 2. The van der Waals surface area contributed by atoms with Crippen molar-refractivity contribution < 1.29 is 0 Å². The Morgan fingerprint density at radius 2 is 2.45 bits per heavy atom. The highest BCUT2D eigenvalue weighted by molar-refractivity contribution is 5.06. The van der Waals surface area contributed by atoms with Crippen LogP contribution in [0.5, 0.6) is 0 Å². The maximum atomic E-state index is 4.26. The van der Waals surface area contributed by atoms with Crippen molar-refractivity contribution in [1.29, 1.82) is 0 Å². The van der Waals surface area contributed by atoms with E-state index in [1.165, 1.54) is 6.42 Å². The molecule has 0 radical (unpaired) electrons. The first-order valence-electron chi connectivity index (χ1n) is 3.93. The summed E-state index contributed by atoms with van der Waals surface area (Å²) in [6.07, 6.45) is 6.52. The highest BCUT2D eigenvalue weighted by Crippen LogP contribution is 2.18. The molecule has 1 saturated heterocycles. The third-order valence-electron chi connectivity index (χ3n) is 2.06. The zero-order chi connectivity index (χ0) is 7.52. The molecule has 3 nitrogen and oxygen atoms in total. The van der Waals surface area contributed by atoms with Gasteiger partial charge in [-0.25, -0.2) is 0 Å². The van der Waals surface area contributed by atoms with Crippen LogP contribution >= 0.6 is 0 Å². The summed E-state index contributed by atoms with van der Waals surface area (Å²) in [5.41, 5.74) is 1.12. The zero-order valence-electron chi connectivity index (χ0n) is 6.33. The first-order valence-corrected chi connectivity index (χ1v) is 3.93. The minimum absolute atomic E-state index is 0.587. The Bertz CT molecular complexity index is 216. The van der Waals surface area contributed by atoms with Crippen LogP contribution in [0.15, 0.2) is 18.6 Å². The molecule has 1 aliphatic heterocycles. The van der Waals surface area contributed by atoms with Crippen molar-refractivity contribution in [2.75, 3.05) is 13.1 Å². The van der Waals surface area contributed by atoms with Crippen molar-refractivity contribution in [3.8, 4) is 0 Å². The minimum atomic E-state index is 0.587. The smallest absolute Gasteiger partial charge is 0.0630 e. The van der Waals surface area contributed by atoms with Crippen LogP contribution in [0, 0.1) is 0 Å². The number of hydrogen-bond donors (Lipinski definition) is 1. The van der Waals surface area contributed by atoms with Crippen LogP contribution in [-0.4, -0.2) is 23.1 Å². The van der Waals surface area contributed by atoms with Gasteiger partial charge in [0.2, 0.25) is 0 Å². The lowest BCUT2D eigenvalue weighted by Crippen LogP contribution is -2.08. The molecule has 1 aliphatic rings. The van der Waals surface area contributed by atoms with Gasteiger partial charge >= 0.3 is 0 Å². The van der Waals surface area contributed by atoms with Gasteiger partial charge in [0.25, 0.3) is 0 Å². The van der Waals surface area contributed by atoms with E-state index in [2.05, 4.69) is 15.3 Å². The molecular weight excluding hydrogens is 138 g/mol. The molecule has 0 aromatic carbocycles. The van der Waals surface area contributed by atoms with Crippen LogP contribution in [0.3, 0.4) is 0 Å². The Kier molecular flexibility index (Phi) is 1.81. The summed E-state index contributed by atoms with van der Waals surface area (Å²) in [5, 5.41) is 3.30. The molecule has 11 heavy (non-hydrogen) atoms. The van der Waals surface area contributed by atoms with E-state index in [1.54, 1.807) is 12.4 Å². The van der Waals surface area contributed by atoms with Crippen molar-refractivity contribution in [1.82, 2.24) is 15.3 Å². The largest absolute Gasteiger partial charge is 0.316 e. The Morgan fingerprint density at radius 1 is 1.45 bits per heavy atom. The van der Waals surface area contributed by atoms with Crippen molar-refractivity contribution >= 4 is 0 Å². The molecular formula is C8H11N3. The maximum Gasteiger partial charge on any atom is 0.0630 e. The van der Waals surface area contributed by atoms with Gasteiger partial charge in [0.15, 0.2) is 0 Å². The van der Waals surface area contributed by atoms with Gasteiger partial charge in [-0.15, -0.1) is 0 Å². The zero-order valence-corrected chi connectivity index (χ0v) is 6.33. The monoisotopic (exact) mass is 149 g/mol. The molecule has 2 rings (SSSR count). The first kappa shape index (κ1) is 6.73. The van der Waals surface area contributed by atoms with Gasteiger partial charge in [-0.1, -0.05) is 0 Å². The molecule has 1 atom stereocenters. The van der Waals surface area contributed by atoms with E-state index in [9.17, 15) is 0 Å². The predicted molar refractivity (Wildman–Crippen MR) is 42.3 cm³/mol. The second-order valence-corrected chi connectivity index (χ2v) is 2.82. The Labute approximate surface area is 65.9 Å². The SMILES string of the molecule is c1cnc([C@@H]2CCNC2)cn1. The summed E-state index contributed by atoms with van der Waals surface area (Å²) in [6.45, 7) is 2.17. The van der Waals surface area contributed by atoms with Gasteiger partial charge in [-0.3, -0.25) is 9.97 Å². The van der Waals surface area contributed by atoms with Crippen LogP contribution in [0.1, 0.15) is 18.0 Å². The van der Waals surface area contributed by atoms with Crippen LogP contribution in [-0.2, 0) is 0 Å². The van der Waals surface area contributed by atoms with Crippen LogP contribution in [0.4, 0.5) is 0 Å². The van der Waals surface area contributed by atoms with Crippen molar-refractivity contribution in [3.63, 3.8) is 0 Å². The van der Waals surface area contributed by atoms with E-state index < -0.39 is 0 Å². The number of hydrogen-bond acceptors (Lipinski definition) is 3. The average molecular weight is 149 g/mol. The lowest BCUT2D eigenvalue weighted by atomic mass is 10.1. The van der Waals surface area contributed by atoms with E-state index in [0.29, 0.717) is 5.92 Å². The van der Waals surface area contributed by atoms with Crippen LogP contribution < -0.4 is 5.32 Å². The van der Waals surface area contributed by atoms with Crippen molar-refractivity contribution in [2.45, 2.75) is 12.3 Å².